The highest BCUT2D eigenvalue weighted by Crippen LogP contribution is 2.30. The van der Waals surface area contributed by atoms with E-state index in [4.69, 9.17) is 0 Å². The molecule has 10 heteroatoms. The lowest BCUT2D eigenvalue weighted by Gasteiger charge is -2.38. The van der Waals surface area contributed by atoms with Crippen LogP contribution in [-0.2, 0) is 11.3 Å². The number of aliphatic hydroxyl groups is 1. The molecule has 192 valence electrons. The summed E-state index contributed by atoms with van der Waals surface area (Å²) in [6, 6.07) is 17.6. The average Bonchev–Trinajstić information content (AvgIpc) is 3.35. The number of benzene rings is 2. The van der Waals surface area contributed by atoms with Crippen LogP contribution in [0.3, 0.4) is 0 Å². The molecule has 1 fully saturated rings. The maximum Gasteiger partial charge on any atom is 0.264 e. The molecule has 1 amide bonds. The highest BCUT2D eigenvalue weighted by atomic mass is 19.3. The number of hydrogen-bond acceptors (Lipinski definition) is 5. The summed E-state index contributed by atoms with van der Waals surface area (Å²) < 4.78 is 30.3. The number of hydrogen-bond donors (Lipinski definition) is 1. The van der Waals surface area contributed by atoms with Gasteiger partial charge in [0.15, 0.2) is 5.65 Å². The van der Waals surface area contributed by atoms with E-state index in [9.17, 15) is 23.5 Å². The van der Waals surface area contributed by atoms with E-state index in [-0.39, 0.29) is 50.4 Å². The van der Waals surface area contributed by atoms with E-state index in [0.717, 1.165) is 5.69 Å². The second-order valence-corrected chi connectivity index (χ2v) is 9.47. The summed E-state index contributed by atoms with van der Waals surface area (Å²) in [4.78, 5) is 31.8. The van der Waals surface area contributed by atoms with Crippen molar-refractivity contribution in [2.45, 2.75) is 43.8 Å². The van der Waals surface area contributed by atoms with Crippen molar-refractivity contribution in [2.24, 2.45) is 0 Å². The van der Waals surface area contributed by atoms with Crippen LogP contribution in [0.2, 0.25) is 0 Å². The first-order chi connectivity index (χ1) is 17.8. The number of carbonyl (C=O) groups is 1. The Hall–Kier alpha value is -3.92. The largest absolute Gasteiger partial charge is 0.388 e. The minimum absolute atomic E-state index is 0.0109. The lowest BCUT2D eigenvalue weighted by molar-refractivity contribution is -0.137. The molecule has 1 atom stereocenters. The Morgan fingerprint density at radius 3 is 2.32 bits per heavy atom. The number of alkyl halides is 2. The van der Waals surface area contributed by atoms with E-state index in [1.54, 1.807) is 35.0 Å². The second kappa shape index (κ2) is 10.2. The van der Waals surface area contributed by atoms with Gasteiger partial charge in [-0.1, -0.05) is 48.5 Å². The summed E-state index contributed by atoms with van der Waals surface area (Å²) in [5, 5.41) is 15.8. The molecule has 8 nitrogen and oxygen atoms in total. The molecule has 0 spiro atoms. The van der Waals surface area contributed by atoms with Gasteiger partial charge in [-0.15, -0.1) is 0 Å². The van der Waals surface area contributed by atoms with Crippen molar-refractivity contribution in [1.82, 2.24) is 24.2 Å². The number of carbonyl (C=O) groups excluding carboxylic acids is 1. The third-order valence-corrected chi connectivity index (χ3v) is 6.99. The molecule has 1 unspecified atom stereocenters. The SMILES string of the molecule is O=C(CC(c1ccccc1)C(F)F)N1CCC(O)(Cn2cnc3c(cnn3-c3ccccc3)c2=O)CC1. The van der Waals surface area contributed by atoms with Gasteiger partial charge >= 0.3 is 0 Å². The molecule has 37 heavy (non-hydrogen) atoms. The fourth-order valence-corrected chi connectivity index (χ4v) is 4.84. The minimum Gasteiger partial charge on any atom is -0.388 e. The third kappa shape index (κ3) is 5.15. The van der Waals surface area contributed by atoms with Crippen LogP contribution in [0.4, 0.5) is 8.78 Å². The Morgan fingerprint density at radius 2 is 1.68 bits per heavy atom. The van der Waals surface area contributed by atoms with Crippen molar-refractivity contribution in [1.29, 1.82) is 0 Å². The number of likely N-dealkylation sites (tertiary alicyclic amines) is 1. The number of aromatic nitrogens is 4. The first-order valence-corrected chi connectivity index (χ1v) is 12.2. The Labute approximate surface area is 211 Å². The molecule has 2 aromatic carbocycles. The van der Waals surface area contributed by atoms with Crippen molar-refractivity contribution >= 4 is 16.9 Å². The van der Waals surface area contributed by atoms with Crippen LogP contribution in [0.5, 0.6) is 0 Å². The van der Waals surface area contributed by atoms with Crippen LogP contribution in [0, 0.1) is 0 Å². The van der Waals surface area contributed by atoms with Gasteiger partial charge in [0, 0.05) is 19.5 Å². The molecular formula is C27H27F2N5O3. The molecule has 0 radical (unpaired) electrons. The first-order valence-electron chi connectivity index (χ1n) is 12.2. The van der Waals surface area contributed by atoms with Crippen LogP contribution >= 0.6 is 0 Å². The van der Waals surface area contributed by atoms with Gasteiger partial charge in [-0.05, 0) is 30.5 Å². The fraction of sp³-hybridized carbons (Fsp3) is 0.333. The fourth-order valence-electron chi connectivity index (χ4n) is 4.84. The lowest BCUT2D eigenvalue weighted by atomic mass is 9.90. The molecule has 1 saturated heterocycles. The summed E-state index contributed by atoms with van der Waals surface area (Å²) >= 11 is 0. The molecule has 5 rings (SSSR count). The molecule has 3 heterocycles. The topological polar surface area (TPSA) is 93.2 Å². The van der Waals surface area contributed by atoms with Crippen molar-refractivity contribution < 1.29 is 18.7 Å². The summed E-state index contributed by atoms with van der Waals surface area (Å²) in [5.74, 6) is -1.55. The van der Waals surface area contributed by atoms with E-state index >= 15 is 0 Å². The standard InChI is InChI=1S/C27H27F2N5O3/c28-24(29)21(19-7-3-1-4-8-19)15-23(35)32-13-11-27(37,12-14-32)17-33-18-30-25-22(26(33)36)16-31-34(25)20-9-5-2-6-10-20/h1-10,16,18,21,24,37H,11-15,17H2. The van der Waals surface area contributed by atoms with E-state index in [1.165, 1.54) is 22.0 Å². The van der Waals surface area contributed by atoms with Crippen molar-refractivity contribution in [3.63, 3.8) is 0 Å². The zero-order chi connectivity index (χ0) is 26.0. The van der Waals surface area contributed by atoms with E-state index in [0.29, 0.717) is 16.6 Å². The molecule has 1 aliphatic heterocycles. The van der Waals surface area contributed by atoms with Crippen LogP contribution in [-0.4, -0.2) is 60.4 Å². The Balaban J connectivity index is 1.25. The maximum absolute atomic E-state index is 13.7. The monoisotopic (exact) mass is 507 g/mol. The number of amides is 1. The number of halogens is 2. The van der Waals surface area contributed by atoms with Crippen molar-refractivity contribution in [2.75, 3.05) is 13.1 Å². The highest BCUT2D eigenvalue weighted by Gasteiger charge is 2.36. The first kappa shape index (κ1) is 24.8. The van der Waals surface area contributed by atoms with Gasteiger partial charge < -0.3 is 10.0 Å². The molecule has 1 aliphatic rings. The van der Waals surface area contributed by atoms with Gasteiger partial charge in [-0.2, -0.15) is 5.10 Å². The molecule has 0 aliphatic carbocycles. The summed E-state index contributed by atoms with van der Waals surface area (Å²) in [6.07, 6.45) is 0.341. The molecule has 0 saturated carbocycles. The number of para-hydroxylation sites is 1. The molecule has 2 aromatic heterocycles. The van der Waals surface area contributed by atoms with Crippen LogP contribution < -0.4 is 5.56 Å². The van der Waals surface area contributed by atoms with Crippen LogP contribution in [0.15, 0.2) is 78.0 Å². The van der Waals surface area contributed by atoms with E-state index < -0.39 is 17.9 Å². The van der Waals surface area contributed by atoms with Gasteiger partial charge in [-0.3, -0.25) is 14.2 Å². The zero-order valence-corrected chi connectivity index (χ0v) is 20.1. The summed E-state index contributed by atoms with van der Waals surface area (Å²) in [5.41, 5.74) is 0.0809. The average molecular weight is 508 g/mol. The predicted octanol–water partition coefficient (Wildman–Crippen LogP) is 3.37. The van der Waals surface area contributed by atoms with Crippen LogP contribution in [0.1, 0.15) is 30.7 Å². The van der Waals surface area contributed by atoms with Gasteiger partial charge in [0.25, 0.3) is 5.56 Å². The number of piperidine rings is 1. The van der Waals surface area contributed by atoms with Gasteiger partial charge in [0.05, 0.1) is 29.9 Å². The minimum atomic E-state index is -2.66. The summed E-state index contributed by atoms with van der Waals surface area (Å²) in [7, 11) is 0. The van der Waals surface area contributed by atoms with E-state index in [1.807, 2.05) is 30.3 Å². The number of fused-ring (bicyclic) bond motifs is 1. The Morgan fingerprint density at radius 1 is 1.03 bits per heavy atom. The van der Waals surface area contributed by atoms with Gasteiger partial charge in [-0.25, -0.2) is 18.4 Å². The number of rotatable bonds is 7. The summed E-state index contributed by atoms with van der Waals surface area (Å²) in [6.45, 7) is 0.448. The smallest absolute Gasteiger partial charge is 0.264 e. The molecule has 1 N–H and O–H groups in total. The lowest BCUT2D eigenvalue weighted by Crippen LogP contribution is -2.50. The van der Waals surface area contributed by atoms with E-state index in [2.05, 4.69) is 10.1 Å². The number of nitrogens with zero attached hydrogens (tertiary/aromatic N) is 5. The quantitative estimate of drug-likeness (QED) is 0.414. The molecule has 0 bridgehead atoms. The highest BCUT2D eigenvalue weighted by molar-refractivity contribution is 5.77. The second-order valence-electron chi connectivity index (χ2n) is 9.47. The maximum atomic E-state index is 13.7. The normalized spacial score (nSPS) is 16.3. The zero-order valence-electron chi connectivity index (χ0n) is 20.1. The Kier molecular flexibility index (Phi) is 6.84. The Bertz CT molecular complexity index is 1430. The van der Waals surface area contributed by atoms with Crippen LogP contribution in [0.25, 0.3) is 16.7 Å². The van der Waals surface area contributed by atoms with Crippen molar-refractivity contribution in [3.8, 4) is 5.69 Å². The molecular weight excluding hydrogens is 480 g/mol. The molecule has 4 aromatic rings. The predicted molar refractivity (Wildman–Crippen MR) is 134 cm³/mol. The van der Waals surface area contributed by atoms with Crippen molar-refractivity contribution in [3.05, 3.63) is 89.1 Å². The third-order valence-electron chi connectivity index (χ3n) is 6.99. The van der Waals surface area contributed by atoms with Gasteiger partial charge in [0.1, 0.15) is 11.7 Å². The van der Waals surface area contributed by atoms with Gasteiger partial charge in [0.2, 0.25) is 12.3 Å².